The van der Waals surface area contributed by atoms with Gasteiger partial charge in [0.15, 0.2) is 5.71 Å². The molecule has 0 saturated heterocycles. The van der Waals surface area contributed by atoms with Crippen molar-refractivity contribution in [3.8, 4) is 11.1 Å². The number of anilines is 1. The van der Waals surface area contributed by atoms with Gasteiger partial charge in [0.05, 0.1) is 5.56 Å². The first-order valence-electron chi connectivity index (χ1n) is 7.35. The van der Waals surface area contributed by atoms with Gasteiger partial charge in [0, 0.05) is 11.9 Å². The van der Waals surface area contributed by atoms with Crippen LogP contribution in [0.2, 0.25) is 0 Å². The van der Waals surface area contributed by atoms with E-state index in [1.165, 1.54) is 24.3 Å². The average molecular weight is 362 g/mol. The number of halogens is 4. The Balaban J connectivity index is 2.16. The van der Waals surface area contributed by atoms with Gasteiger partial charge in [-0.3, -0.25) is 4.79 Å². The third-order valence-electron chi connectivity index (χ3n) is 3.38. The Labute approximate surface area is 147 Å². The highest BCUT2D eigenvalue weighted by Gasteiger charge is 2.29. The molecular formula is C19H14F4N2O. The number of benzene rings is 2. The van der Waals surface area contributed by atoms with Crippen LogP contribution in [0.4, 0.5) is 23.2 Å². The third kappa shape index (κ3) is 4.66. The van der Waals surface area contributed by atoms with E-state index in [1.807, 2.05) is 0 Å². The summed E-state index contributed by atoms with van der Waals surface area (Å²) in [6.07, 6.45) is -3.37. The minimum absolute atomic E-state index is 0.365. The summed E-state index contributed by atoms with van der Waals surface area (Å²) in [5.74, 6) is -1.79. The summed E-state index contributed by atoms with van der Waals surface area (Å²) in [6, 6.07) is 11.0. The number of nitrogens with one attached hydrogen (secondary N) is 1. The second kappa shape index (κ2) is 7.77. The molecule has 0 aliphatic heterocycles. The van der Waals surface area contributed by atoms with Crippen molar-refractivity contribution in [1.29, 1.82) is 0 Å². The van der Waals surface area contributed by atoms with Gasteiger partial charge in [0.1, 0.15) is 5.83 Å². The van der Waals surface area contributed by atoms with E-state index < -0.39 is 29.2 Å². The first kappa shape index (κ1) is 19.1. The number of carbonyl (C=O) groups is 1. The smallest absolute Gasteiger partial charge is 0.321 e. The van der Waals surface area contributed by atoms with Crippen LogP contribution in [-0.2, 0) is 11.0 Å². The Morgan fingerprint density at radius 1 is 1.00 bits per heavy atom. The molecule has 0 aliphatic carbocycles. The molecule has 0 spiro atoms. The van der Waals surface area contributed by atoms with E-state index in [4.69, 9.17) is 0 Å². The van der Waals surface area contributed by atoms with Crippen molar-refractivity contribution in [3.63, 3.8) is 0 Å². The van der Waals surface area contributed by atoms with E-state index in [-0.39, 0.29) is 0 Å². The van der Waals surface area contributed by atoms with Crippen molar-refractivity contribution >= 4 is 17.3 Å². The van der Waals surface area contributed by atoms with Crippen molar-refractivity contribution in [1.82, 2.24) is 0 Å². The lowest BCUT2D eigenvalue weighted by Gasteiger charge is -2.09. The number of amides is 1. The normalized spacial score (nSPS) is 11.8. The van der Waals surface area contributed by atoms with Gasteiger partial charge in [-0.15, -0.1) is 0 Å². The molecule has 2 aromatic rings. The summed E-state index contributed by atoms with van der Waals surface area (Å²) in [6.45, 7) is 6.32. The van der Waals surface area contributed by atoms with Crippen LogP contribution in [0.5, 0.6) is 0 Å². The van der Waals surface area contributed by atoms with E-state index in [9.17, 15) is 22.4 Å². The van der Waals surface area contributed by atoms with Crippen LogP contribution in [0.25, 0.3) is 11.1 Å². The van der Waals surface area contributed by atoms with E-state index in [0.29, 0.717) is 16.8 Å². The maximum atomic E-state index is 13.2. The summed E-state index contributed by atoms with van der Waals surface area (Å²) < 4.78 is 50.9. The zero-order valence-electron chi connectivity index (χ0n) is 13.5. The highest BCUT2D eigenvalue weighted by atomic mass is 19.4. The molecule has 0 atom stereocenters. The van der Waals surface area contributed by atoms with Crippen molar-refractivity contribution in [2.45, 2.75) is 6.18 Å². The molecule has 0 aromatic heterocycles. The van der Waals surface area contributed by atoms with Gasteiger partial charge in [0.2, 0.25) is 0 Å². The van der Waals surface area contributed by atoms with Gasteiger partial charge in [-0.1, -0.05) is 37.4 Å². The number of carbonyl (C=O) groups excluding carboxylic acids is 1. The Bertz CT molecular complexity index is 851. The quantitative estimate of drug-likeness (QED) is 0.563. The predicted molar refractivity (Wildman–Crippen MR) is 93.4 cm³/mol. The van der Waals surface area contributed by atoms with Crippen LogP contribution in [0.15, 0.2) is 78.7 Å². The molecule has 3 nitrogen and oxygen atoms in total. The van der Waals surface area contributed by atoms with Gasteiger partial charge >= 0.3 is 6.18 Å². The Morgan fingerprint density at radius 3 is 1.92 bits per heavy atom. The Hall–Kier alpha value is -3.22. The maximum absolute atomic E-state index is 13.2. The minimum Gasteiger partial charge on any atom is -0.321 e. The van der Waals surface area contributed by atoms with Crippen LogP contribution in [-0.4, -0.2) is 11.6 Å². The standard InChI is InChI=1S/C19H14F4N2O/c1-3-24-17(12(2)20)18(26)25-16-10-6-14(7-11-16)13-4-8-15(9-5-13)19(21,22)23/h3-11H,1-2H2,(H,25,26). The fraction of sp³-hybridized carbons (Fsp3) is 0.0526. The number of aliphatic imine (C=N–C) groups is 1. The number of nitrogens with zero attached hydrogens (tertiary/aromatic N) is 1. The molecule has 0 aliphatic rings. The lowest BCUT2D eigenvalue weighted by Crippen LogP contribution is -2.23. The summed E-state index contributed by atoms with van der Waals surface area (Å²) >= 11 is 0. The monoisotopic (exact) mass is 362 g/mol. The van der Waals surface area contributed by atoms with Gasteiger partial charge < -0.3 is 5.32 Å². The van der Waals surface area contributed by atoms with Crippen molar-refractivity contribution in [2.24, 2.45) is 4.99 Å². The highest BCUT2D eigenvalue weighted by molar-refractivity contribution is 6.48. The van der Waals surface area contributed by atoms with E-state index >= 15 is 0 Å². The first-order chi connectivity index (χ1) is 12.2. The number of rotatable bonds is 5. The summed E-state index contributed by atoms with van der Waals surface area (Å²) in [7, 11) is 0. The molecule has 0 unspecified atom stereocenters. The van der Waals surface area contributed by atoms with Crippen LogP contribution in [0, 0.1) is 0 Å². The summed E-state index contributed by atoms with van der Waals surface area (Å²) in [5.41, 5.74) is 0.384. The second-order valence-corrected chi connectivity index (χ2v) is 5.17. The van der Waals surface area contributed by atoms with Gasteiger partial charge in [-0.25, -0.2) is 9.38 Å². The Morgan fingerprint density at radius 2 is 1.50 bits per heavy atom. The fourth-order valence-corrected chi connectivity index (χ4v) is 2.13. The van der Waals surface area contributed by atoms with Crippen LogP contribution in [0.3, 0.4) is 0 Å². The topological polar surface area (TPSA) is 41.5 Å². The molecule has 1 amide bonds. The van der Waals surface area contributed by atoms with Crippen LogP contribution < -0.4 is 5.32 Å². The number of alkyl halides is 3. The van der Waals surface area contributed by atoms with Crippen LogP contribution >= 0.6 is 0 Å². The zero-order valence-corrected chi connectivity index (χ0v) is 13.5. The maximum Gasteiger partial charge on any atom is 0.416 e. The number of hydrogen-bond acceptors (Lipinski definition) is 2. The second-order valence-electron chi connectivity index (χ2n) is 5.17. The molecule has 0 saturated carbocycles. The van der Waals surface area contributed by atoms with Gasteiger partial charge in [0.25, 0.3) is 5.91 Å². The van der Waals surface area contributed by atoms with Crippen molar-refractivity contribution < 1.29 is 22.4 Å². The van der Waals surface area contributed by atoms with E-state index in [1.54, 1.807) is 12.1 Å². The Kier molecular flexibility index (Phi) is 5.71. The lowest BCUT2D eigenvalue weighted by molar-refractivity contribution is -0.137. The largest absolute Gasteiger partial charge is 0.416 e. The van der Waals surface area contributed by atoms with Gasteiger partial charge in [-0.2, -0.15) is 13.2 Å². The first-order valence-corrected chi connectivity index (χ1v) is 7.35. The molecule has 0 radical (unpaired) electrons. The molecule has 0 fully saturated rings. The lowest BCUT2D eigenvalue weighted by atomic mass is 10.0. The molecule has 26 heavy (non-hydrogen) atoms. The molecule has 2 rings (SSSR count). The molecule has 2 aromatic carbocycles. The highest BCUT2D eigenvalue weighted by Crippen LogP contribution is 2.31. The molecule has 134 valence electrons. The molecular weight excluding hydrogens is 348 g/mol. The van der Waals surface area contributed by atoms with Gasteiger partial charge in [-0.05, 0) is 35.4 Å². The molecule has 0 bridgehead atoms. The van der Waals surface area contributed by atoms with Crippen molar-refractivity contribution in [3.05, 3.63) is 79.3 Å². The van der Waals surface area contributed by atoms with E-state index in [0.717, 1.165) is 18.3 Å². The molecule has 7 heteroatoms. The van der Waals surface area contributed by atoms with Crippen molar-refractivity contribution in [2.75, 3.05) is 5.32 Å². The fourth-order valence-electron chi connectivity index (χ4n) is 2.13. The predicted octanol–water partition coefficient (Wildman–Crippen LogP) is 5.38. The third-order valence-corrected chi connectivity index (χ3v) is 3.38. The number of hydrogen-bond donors (Lipinski definition) is 1. The zero-order chi connectivity index (χ0) is 19.3. The minimum atomic E-state index is -4.39. The summed E-state index contributed by atoms with van der Waals surface area (Å²) in [4.78, 5) is 15.4. The molecule has 1 N–H and O–H groups in total. The summed E-state index contributed by atoms with van der Waals surface area (Å²) in [5, 5.41) is 2.45. The average Bonchev–Trinajstić information content (AvgIpc) is 2.59. The SMILES string of the molecule is C=CN=C(C(=C)F)C(=O)Nc1ccc(-c2ccc(C(F)(F)F)cc2)cc1. The molecule has 0 heterocycles. The van der Waals surface area contributed by atoms with Crippen LogP contribution in [0.1, 0.15) is 5.56 Å². The van der Waals surface area contributed by atoms with E-state index in [2.05, 4.69) is 23.5 Å².